The summed E-state index contributed by atoms with van der Waals surface area (Å²) in [7, 11) is 3.33. The second-order valence-corrected chi connectivity index (χ2v) is 4.85. The molecular formula is C16H21N3O2. The lowest BCUT2D eigenvalue weighted by Crippen LogP contribution is -2.23. The van der Waals surface area contributed by atoms with Gasteiger partial charge in [0.1, 0.15) is 11.5 Å². The third kappa shape index (κ3) is 3.70. The molecule has 0 saturated carbocycles. The summed E-state index contributed by atoms with van der Waals surface area (Å²) in [5, 5.41) is 3.50. The van der Waals surface area contributed by atoms with E-state index in [1.807, 2.05) is 18.2 Å². The molecule has 1 aromatic heterocycles. The first-order valence-electron chi connectivity index (χ1n) is 6.89. The lowest BCUT2D eigenvalue weighted by Gasteiger charge is -2.22. The molecule has 0 spiro atoms. The molecule has 2 aromatic rings. The van der Waals surface area contributed by atoms with Gasteiger partial charge in [-0.05, 0) is 32.0 Å². The fourth-order valence-electron chi connectivity index (χ4n) is 2.26. The molecule has 1 aromatic carbocycles. The van der Waals surface area contributed by atoms with E-state index in [1.165, 1.54) is 0 Å². The summed E-state index contributed by atoms with van der Waals surface area (Å²) in [6.07, 6.45) is 5.14. The second kappa shape index (κ2) is 7.04. The van der Waals surface area contributed by atoms with E-state index < -0.39 is 0 Å². The Morgan fingerprint density at radius 2 is 1.86 bits per heavy atom. The number of benzene rings is 1. The molecule has 21 heavy (non-hydrogen) atoms. The number of nitrogens with zero attached hydrogens (tertiary/aromatic N) is 2. The fraction of sp³-hybridized carbons (Fsp3) is 0.375. The van der Waals surface area contributed by atoms with Gasteiger partial charge in [-0.2, -0.15) is 0 Å². The minimum Gasteiger partial charge on any atom is -0.497 e. The van der Waals surface area contributed by atoms with Crippen LogP contribution in [-0.2, 0) is 0 Å². The van der Waals surface area contributed by atoms with Crippen molar-refractivity contribution in [3.05, 3.63) is 48.0 Å². The minimum atomic E-state index is 0.0876. The Bertz CT molecular complexity index is 575. The van der Waals surface area contributed by atoms with Gasteiger partial charge in [0.25, 0.3) is 0 Å². The smallest absolute Gasteiger partial charge is 0.123 e. The molecular weight excluding hydrogens is 266 g/mol. The van der Waals surface area contributed by atoms with Crippen molar-refractivity contribution < 1.29 is 9.47 Å². The van der Waals surface area contributed by atoms with E-state index in [4.69, 9.17) is 9.47 Å². The highest BCUT2D eigenvalue weighted by Gasteiger charge is 2.16. The van der Waals surface area contributed by atoms with E-state index in [0.29, 0.717) is 0 Å². The molecule has 0 aliphatic carbocycles. The molecule has 0 radical (unpaired) electrons. The van der Waals surface area contributed by atoms with Gasteiger partial charge in [0, 0.05) is 36.2 Å². The maximum absolute atomic E-state index is 5.43. The van der Waals surface area contributed by atoms with Crippen LogP contribution in [0.3, 0.4) is 0 Å². The van der Waals surface area contributed by atoms with Gasteiger partial charge in [-0.15, -0.1) is 0 Å². The van der Waals surface area contributed by atoms with Crippen LogP contribution in [0.2, 0.25) is 0 Å². The van der Waals surface area contributed by atoms with Crippen molar-refractivity contribution >= 4 is 0 Å². The van der Waals surface area contributed by atoms with Crippen LogP contribution in [0.5, 0.6) is 11.5 Å². The Labute approximate surface area is 125 Å². The van der Waals surface area contributed by atoms with Crippen molar-refractivity contribution in [3.8, 4) is 11.5 Å². The number of methoxy groups -OCH3 is 2. The Morgan fingerprint density at radius 1 is 1.05 bits per heavy atom. The Morgan fingerprint density at radius 3 is 2.48 bits per heavy atom. The van der Waals surface area contributed by atoms with E-state index in [1.54, 1.807) is 32.8 Å². The van der Waals surface area contributed by atoms with Gasteiger partial charge in [-0.1, -0.05) is 0 Å². The Hall–Kier alpha value is -2.14. The van der Waals surface area contributed by atoms with Crippen molar-refractivity contribution in [1.82, 2.24) is 15.3 Å². The molecule has 0 aliphatic heterocycles. The van der Waals surface area contributed by atoms with E-state index in [2.05, 4.69) is 29.1 Å². The van der Waals surface area contributed by atoms with Crippen molar-refractivity contribution in [3.63, 3.8) is 0 Å². The van der Waals surface area contributed by atoms with Gasteiger partial charge in [0.15, 0.2) is 0 Å². The Kier molecular flexibility index (Phi) is 5.11. The Balaban J connectivity index is 2.18. The summed E-state index contributed by atoms with van der Waals surface area (Å²) in [4.78, 5) is 8.42. The average Bonchev–Trinajstić information content (AvgIpc) is 2.54. The maximum atomic E-state index is 5.43. The number of ether oxygens (including phenoxy) is 2. The number of rotatable bonds is 6. The average molecular weight is 287 g/mol. The highest BCUT2D eigenvalue weighted by Crippen LogP contribution is 2.30. The van der Waals surface area contributed by atoms with E-state index in [9.17, 15) is 0 Å². The summed E-state index contributed by atoms with van der Waals surface area (Å²) < 4.78 is 10.7. The lowest BCUT2D eigenvalue weighted by molar-refractivity contribution is 0.387. The topological polar surface area (TPSA) is 56.3 Å². The first-order valence-corrected chi connectivity index (χ1v) is 6.89. The van der Waals surface area contributed by atoms with E-state index in [-0.39, 0.29) is 12.1 Å². The summed E-state index contributed by atoms with van der Waals surface area (Å²) in [5.74, 6) is 1.65. The predicted molar refractivity (Wildman–Crippen MR) is 81.5 cm³/mol. The predicted octanol–water partition coefficient (Wildman–Crippen LogP) is 2.91. The molecule has 112 valence electrons. The van der Waals surface area contributed by atoms with Gasteiger partial charge in [-0.3, -0.25) is 9.97 Å². The molecule has 2 atom stereocenters. The first-order chi connectivity index (χ1) is 10.2. The summed E-state index contributed by atoms with van der Waals surface area (Å²) in [5.41, 5.74) is 1.96. The largest absolute Gasteiger partial charge is 0.497 e. The van der Waals surface area contributed by atoms with Crippen molar-refractivity contribution in [2.75, 3.05) is 14.2 Å². The van der Waals surface area contributed by atoms with Gasteiger partial charge in [-0.25, -0.2) is 0 Å². The third-order valence-electron chi connectivity index (χ3n) is 3.43. The summed E-state index contributed by atoms with van der Waals surface area (Å²) >= 11 is 0. The second-order valence-electron chi connectivity index (χ2n) is 4.85. The maximum Gasteiger partial charge on any atom is 0.123 e. The van der Waals surface area contributed by atoms with Gasteiger partial charge < -0.3 is 14.8 Å². The normalized spacial score (nSPS) is 13.5. The SMILES string of the molecule is COc1ccc(OC)c(C(C)NC(C)c2cnccn2)c1. The van der Waals surface area contributed by atoms with Crippen LogP contribution in [0.25, 0.3) is 0 Å². The van der Waals surface area contributed by atoms with Crippen LogP contribution >= 0.6 is 0 Å². The van der Waals surface area contributed by atoms with Crippen molar-refractivity contribution in [2.24, 2.45) is 0 Å². The highest BCUT2D eigenvalue weighted by atomic mass is 16.5. The molecule has 1 heterocycles. The third-order valence-corrected chi connectivity index (χ3v) is 3.43. The zero-order valence-corrected chi connectivity index (χ0v) is 12.8. The molecule has 2 unspecified atom stereocenters. The molecule has 0 fully saturated rings. The van der Waals surface area contributed by atoms with Gasteiger partial charge >= 0.3 is 0 Å². The molecule has 2 rings (SSSR count). The molecule has 0 amide bonds. The molecule has 0 bridgehead atoms. The van der Waals surface area contributed by atoms with Crippen LogP contribution in [0.1, 0.15) is 37.2 Å². The fourth-order valence-corrected chi connectivity index (χ4v) is 2.26. The first kappa shape index (κ1) is 15.3. The van der Waals surface area contributed by atoms with E-state index in [0.717, 1.165) is 22.8 Å². The van der Waals surface area contributed by atoms with Gasteiger partial charge in [0.2, 0.25) is 0 Å². The zero-order chi connectivity index (χ0) is 15.2. The number of hydrogen-bond donors (Lipinski definition) is 1. The summed E-state index contributed by atoms with van der Waals surface area (Å²) in [6, 6.07) is 5.97. The zero-order valence-electron chi connectivity index (χ0n) is 12.8. The molecule has 1 N–H and O–H groups in total. The number of aromatic nitrogens is 2. The summed E-state index contributed by atoms with van der Waals surface area (Å²) in [6.45, 7) is 4.15. The minimum absolute atomic E-state index is 0.0876. The number of nitrogens with one attached hydrogen (secondary N) is 1. The van der Waals surface area contributed by atoms with Crippen LogP contribution in [-0.4, -0.2) is 24.2 Å². The van der Waals surface area contributed by atoms with Crippen molar-refractivity contribution in [1.29, 1.82) is 0 Å². The van der Waals surface area contributed by atoms with Crippen LogP contribution < -0.4 is 14.8 Å². The van der Waals surface area contributed by atoms with Gasteiger partial charge in [0.05, 0.1) is 19.9 Å². The van der Waals surface area contributed by atoms with Crippen LogP contribution in [0.4, 0.5) is 0 Å². The monoisotopic (exact) mass is 287 g/mol. The van der Waals surface area contributed by atoms with E-state index >= 15 is 0 Å². The molecule has 5 nitrogen and oxygen atoms in total. The highest BCUT2D eigenvalue weighted by molar-refractivity contribution is 5.42. The molecule has 5 heteroatoms. The number of hydrogen-bond acceptors (Lipinski definition) is 5. The quantitative estimate of drug-likeness (QED) is 0.885. The standard InChI is InChI=1S/C16H21N3O2/c1-11(19-12(2)15-10-17-7-8-18-15)14-9-13(20-3)5-6-16(14)21-4/h5-12,19H,1-4H3. The lowest BCUT2D eigenvalue weighted by atomic mass is 10.1. The van der Waals surface area contributed by atoms with Crippen molar-refractivity contribution in [2.45, 2.75) is 25.9 Å². The van der Waals surface area contributed by atoms with Crippen LogP contribution in [0, 0.1) is 0 Å². The molecule has 0 saturated heterocycles. The van der Waals surface area contributed by atoms with Crippen LogP contribution in [0.15, 0.2) is 36.8 Å². The molecule has 0 aliphatic rings.